The number of esters is 1. The molecule has 1 aliphatic heterocycles. The Kier molecular flexibility index (Phi) is 46.0. The highest BCUT2D eigenvalue weighted by Gasteiger charge is 2.47. The molecule has 0 aliphatic carbocycles. The highest BCUT2D eigenvalue weighted by molar-refractivity contribution is 5.80. The van der Waals surface area contributed by atoms with Crippen LogP contribution in [0.2, 0.25) is 0 Å². The van der Waals surface area contributed by atoms with Gasteiger partial charge in [-0.2, -0.15) is 0 Å². The number of carbonyl (C=O) groups excluding carboxylic acids is 2. The van der Waals surface area contributed by atoms with Crippen molar-refractivity contribution in [1.29, 1.82) is 0 Å². The van der Waals surface area contributed by atoms with E-state index in [0.29, 0.717) is 12.8 Å². The van der Waals surface area contributed by atoms with E-state index in [0.717, 1.165) is 83.5 Å². The van der Waals surface area contributed by atoms with Crippen molar-refractivity contribution in [1.82, 2.24) is 5.32 Å². The van der Waals surface area contributed by atoms with Crippen LogP contribution in [0.25, 0.3) is 0 Å². The van der Waals surface area contributed by atoms with Crippen molar-refractivity contribution in [2.24, 2.45) is 0 Å². The van der Waals surface area contributed by atoms with E-state index in [1.807, 2.05) is 6.08 Å². The lowest BCUT2D eigenvalue weighted by molar-refractivity contribution is -0.305. The minimum absolute atomic E-state index is 0.120. The van der Waals surface area contributed by atoms with Crippen LogP contribution in [0.15, 0.2) is 36.5 Å². The fourth-order valence-corrected chi connectivity index (χ4v) is 9.23. The van der Waals surface area contributed by atoms with Crippen molar-refractivity contribution in [3.63, 3.8) is 0 Å². The number of unbranched alkanes of at least 4 members (excludes halogenated alkanes) is 32. The molecular weight excluding hydrogens is 895 g/mol. The minimum Gasteiger partial charge on any atom is -0.454 e. The van der Waals surface area contributed by atoms with E-state index in [1.54, 1.807) is 6.08 Å². The molecular formula is C60H111NO10. The second-order valence-corrected chi connectivity index (χ2v) is 20.7. The van der Waals surface area contributed by atoms with Gasteiger partial charge in [0, 0.05) is 6.42 Å². The van der Waals surface area contributed by atoms with Crippen LogP contribution in [-0.2, 0) is 23.8 Å². The molecule has 11 heteroatoms. The van der Waals surface area contributed by atoms with Crippen molar-refractivity contribution >= 4 is 11.9 Å². The number of aliphatic hydroxyl groups excluding tert-OH is 5. The highest BCUT2D eigenvalue weighted by atomic mass is 16.7. The zero-order valence-electron chi connectivity index (χ0n) is 45.9. The Morgan fingerprint density at radius 2 is 0.930 bits per heavy atom. The lowest BCUT2D eigenvalue weighted by atomic mass is 9.99. The first-order chi connectivity index (χ1) is 34.7. The van der Waals surface area contributed by atoms with E-state index < -0.39 is 67.4 Å². The Morgan fingerprint density at radius 3 is 1.38 bits per heavy atom. The molecule has 416 valence electrons. The van der Waals surface area contributed by atoms with Crippen LogP contribution in [0.4, 0.5) is 0 Å². The van der Waals surface area contributed by atoms with Crippen LogP contribution in [0.5, 0.6) is 0 Å². The first-order valence-electron chi connectivity index (χ1n) is 29.8. The summed E-state index contributed by atoms with van der Waals surface area (Å²) in [7, 11) is 0. The van der Waals surface area contributed by atoms with Gasteiger partial charge in [-0.25, -0.2) is 0 Å². The van der Waals surface area contributed by atoms with Gasteiger partial charge in [0.1, 0.15) is 24.4 Å². The van der Waals surface area contributed by atoms with Gasteiger partial charge in [-0.3, -0.25) is 9.59 Å². The second kappa shape index (κ2) is 48.8. The molecule has 8 unspecified atom stereocenters. The number of hydrogen-bond donors (Lipinski definition) is 6. The Balaban J connectivity index is 2.73. The zero-order valence-corrected chi connectivity index (χ0v) is 45.9. The van der Waals surface area contributed by atoms with Crippen LogP contribution in [0.3, 0.4) is 0 Å². The first kappa shape index (κ1) is 66.9. The molecule has 1 amide bonds. The number of amides is 1. The molecule has 0 spiro atoms. The smallest absolute Gasteiger partial charge is 0.306 e. The van der Waals surface area contributed by atoms with E-state index in [-0.39, 0.29) is 19.4 Å². The number of allylic oxidation sites excluding steroid dienone is 5. The molecule has 1 saturated heterocycles. The highest BCUT2D eigenvalue weighted by Crippen LogP contribution is 2.26. The summed E-state index contributed by atoms with van der Waals surface area (Å²) < 4.78 is 17.6. The van der Waals surface area contributed by atoms with Gasteiger partial charge >= 0.3 is 5.97 Å². The monoisotopic (exact) mass is 1010 g/mol. The third-order valence-corrected chi connectivity index (χ3v) is 14.0. The molecule has 0 aromatic carbocycles. The standard InChI is InChI=1S/C60H111NO10/c1-4-7-10-13-16-19-22-25-27-30-33-36-39-42-45-48-55(65)71-58-57(67)56(66)54(49-62)70-60(58)69-50-51(52(63)46-43-40-37-34-31-28-24-21-18-15-12-9-6-3)61-59(68)53(64)47-44-41-38-35-32-29-26-23-20-17-14-11-8-5-2/h19-20,22-23,43,46,51-54,56-58,60,62-64,66-67H,4-18,21,24-42,44-45,47-50H2,1-3H3,(H,61,68)/b22-19-,23-20-,46-43+. The molecule has 71 heavy (non-hydrogen) atoms. The largest absolute Gasteiger partial charge is 0.454 e. The van der Waals surface area contributed by atoms with Crippen molar-refractivity contribution in [3.05, 3.63) is 36.5 Å². The molecule has 1 heterocycles. The van der Waals surface area contributed by atoms with E-state index in [9.17, 15) is 35.1 Å². The molecule has 8 atom stereocenters. The lowest BCUT2D eigenvalue weighted by Gasteiger charge is -2.41. The molecule has 11 nitrogen and oxygen atoms in total. The maximum absolute atomic E-state index is 13.4. The summed E-state index contributed by atoms with van der Waals surface area (Å²) in [5.41, 5.74) is 0. The molecule has 6 N–H and O–H groups in total. The first-order valence-corrected chi connectivity index (χ1v) is 29.8. The molecule has 1 rings (SSSR count). The molecule has 1 aliphatic rings. The second-order valence-electron chi connectivity index (χ2n) is 20.7. The summed E-state index contributed by atoms with van der Waals surface area (Å²) in [4.78, 5) is 26.5. The third-order valence-electron chi connectivity index (χ3n) is 14.0. The van der Waals surface area contributed by atoms with Crippen LogP contribution in [0, 0.1) is 0 Å². The van der Waals surface area contributed by atoms with Gasteiger partial charge in [0.2, 0.25) is 5.91 Å². The number of nitrogens with one attached hydrogen (secondary N) is 1. The summed E-state index contributed by atoms with van der Waals surface area (Å²) in [5.74, 6) is -1.20. The summed E-state index contributed by atoms with van der Waals surface area (Å²) in [5, 5.41) is 56.9. The average molecular weight is 1010 g/mol. The Morgan fingerprint density at radius 1 is 0.535 bits per heavy atom. The van der Waals surface area contributed by atoms with Crippen molar-refractivity contribution in [2.45, 2.75) is 320 Å². The third kappa shape index (κ3) is 37.3. The van der Waals surface area contributed by atoms with E-state index in [1.165, 1.54) is 141 Å². The van der Waals surface area contributed by atoms with Gasteiger partial charge in [0.05, 0.1) is 25.4 Å². The van der Waals surface area contributed by atoms with Crippen molar-refractivity contribution in [3.8, 4) is 0 Å². The number of ether oxygens (including phenoxy) is 3. The quantitative estimate of drug-likeness (QED) is 0.0195. The molecule has 0 bridgehead atoms. The maximum Gasteiger partial charge on any atom is 0.306 e. The number of rotatable bonds is 50. The van der Waals surface area contributed by atoms with Crippen LogP contribution >= 0.6 is 0 Å². The average Bonchev–Trinajstić information content (AvgIpc) is 3.37. The summed E-state index contributed by atoms with van der Waals surface area (Å²) >= 11 is 0. The maximum atomic E-state index is 13.4. The van der Waals surface area contributed by atoms with Crippen molar-refractivity contribution in [2.75, 3.05) is 13.2 Å². The minimum atomic E-state index is -1.61. The van der Waals surface area contributed by atoms with Crippen LogP contribution in [-0.4, -0.2) is 99.6 Å². The number of hydrogen-bond acceptors (Lipinski definition) is 10. The van der Waals surface area contributed by atoms with Gasteiger partial charge in [-0.05, 0) is 77.0 Å². The van der Waals surface area contributed by atoms with Crippen LogP contribution in [0.1, 0.15) is 271 Å². The van der Waals surface area contributed by atoms with Crippen molar-refractivity contribution < 1.29 is 49.3 Å². The summed E-state index contributed by atoms with van der Waals surface area (Å²) in [6.45, 7) is 5.76. The molecule has 0 aromatic rings. The molecule has 1 fully saturated rings. The molecule has 0 radical (unpaired) electrons. The fraction of sp³-hybridized carbons (Fsp3) is 0.867. The Bertz CT molecular complexity index is 1290. The Labute approximate surface area is 434 Å². The van der Waals surface area contributed by atoms with Gasteiger partial charge in [-0.15, -0.1) is 0 Å². The van der Waals surface area contributed by atoms with Gasteiger partial charge < -0.3 is 45.1 Å². The van der Waals surface area contributed by atoms with Gasteiger partial charge in [-0.1, -0.05) is 224 Å². The summed E-state index contributed by atoms with van der Waals surface area (Å²) in [6, 6.07) is -1.02. The number of carbonyl (C=O) groups is 2. The van der Waals surface area contributed by atoms with Gasteiger partial charge in [0.25, 0.3) is 0 Å². The zero-order chi connectivity index (χ0) is 51.8. The summed E-state index contributed by atoms with van der Waals surface area (Å²) in [6.07, 6.45) is 46.0. The van der Waals surface area contributed by atoms with E-state index >= 15 is 0 Å². The normalized spacial score (nSPS) is 19.8. The van der Waals surface area contributed by atoms with E-state index in [2.05, 4.69) is 50.4 Å². The topological polar surface area (TPSA) is 175 Å². The SMILES string of the molecule is CCCCCC/C=C\CCCCCCCCCC(=O)OC1C(OCC(NC(=O)C(O)CCCCCCCC/C=C\CCCCCC)C(O)/C=C/CCCCCCCCCCCCC)OC(CO)C(O)C1O. The predicted molar refractivity (Wildman–Crippen MR) is 292 cm³/mol. The van der Waals surface area contributed by atoms with E-state index in [4.69, 9.17) is 14.2 Å². The van der Waals surface area contributed by atoms with Crippen LogP contribution < -0.4 is 5.32 Å². The predicted octanol–water partition coefficient (Wildman–Crippen LogP) is 13.5. The number of aliphatic hydroxyl groups is 5. The fourth-order valence-electron chi connectivity index (χ4n) is 9.23. The Hall–Kier alpha value is -2.12. The molecule has 0 aromatic heterocycles. The molecule has 0 saturated carbocycles. The van der Waals surface area contributed by atoms with Gasteiger partial charge in [0.15, 0.2) is 12.4 Å². The lowest BCUT2D eigenvalue weighted by Crippen LogP contribution is -2.61.